The van der Waals surface area contributed by atoms with Gasteiger partial charge in [0.1, 0.15) is 12.1 Å². The van der Waals surface area contributed by atoms with Crippen molar-refractivity contribution in [3.63, 3.8) is 0 Å². The molecule has 0 unspecified atom stereocenters. The SMILES string of the molecule is CN1CCN(c2ncnc3c2CCN(C(=O)c2ccsc2)CC3)CC1. The van der Waals surface area contributed by atoms with Gasteiger partial charge in [0.15, 0.2) is 0 Å². The van der Waals surface area contributed by atoms with Crippen LogP contribution in [0.1, 0.15) is 21.6 Å². The van der Waals surface area contributed by atoms with Crippen LogP contribution in [0.25, 0.3) is 0 Å². The average Bonchev–Trinajstić information content (AvgIpc) is 3.08. The zero-order chi connectivity index (χ0) is 17.2. The molecule has 6 nitrogen and oxygen atoms in total. The van der Waals surface area contributed by atoms with E-state index in [2.05, 4.69) is 26.8 Å². The maximum absolute atomic E-state index is 12.7. The van der Waals surface area contributed by atoms with E-state index >= 15 is 0 Å². The third kappa shape index (κ3) is 3.39. The van der Waals surface area contributed by atoms with Crippen LogP contribution >= 0.6 is 11.3 Å². The van der Waals surface area contributed by atoms with Crippen molar-refractivity contribution in [2.45, 2.75) is 12.8 Å². The minimum atomic E-state index is 0.128. The number of carbonyl (C=O) groups is 1. The summed E-state index contributed by atoms with van der Waals surface area (Å²) in [5, 5.41) is 3.88. The van der Waals surface area contributed by atoms with E-state index in [0.717, 1.165) is 69.2 Å². The van der Waals surface area contributed by atoms with E-state index in [-0.39, 0.29) is 5.91 Å². The van der Waals surface area contributed by atoms with E-state index in [0.29, 0.717) is 0 Å². The number of thiophene rings is 1. The molecule has 25 heavy (non-hydrogen) atoms. The molecule has 2 aromatic rings. The van der Waals surface area contributed by atoms with Crippen LogP contribution in [0.15, 0.2) is 23.2 Å². The van der Waals surface area contributed by atoms with Gasteiger partial charge in [-0.1, -0.05) is 0 Å². The molecule has 0 spiro atoms. The fourth-order valence-corrected chi connectivity index (χ4v) is 4.20. The summed E-state index contributed by atoms with van der Waals surface area (Å²) in [4.78, 5) is 28.5. The molecule has 1 fully saturated rings. The van der Waals surface area contributed by atoms with Gasteiger partial charge in [-0.2, -0.15) is 11.3 Å². The summed E-state index contributed by atoms with van der Waals surface area (Å²) in [5.41, 5.74) is 3.12. The average molecular weight is 357 g/mol. The number of anilines is 1. The second-order valence-electron chi connectivity index (χ2n) is 6.72. The van der Waals surface area contributed by atoms with Crippen LogP contribution in [0.5, 0.6) is 0 Å². The molecule has 0 aliphatic carbocycles. The van der Waals surface area contributed by atoms with Gasteiger partial charge in [0.25, 0.3) is 5.91 Å². The number of fused-ring (bicyclic) bond motifs is 1. The van der Waals surface area contributed by atoms with E-state index in [9.17, 15) is 4.79 Å². The summed E-state index contributed by atoms with van der Waals surface area (Å²) in [6.45, 7) is 5.56. The van der Waals surface area contributed by atoms with Gasteiger partial charge < -0.3 is 14.7 Å². The molecule has 0 bridgehead atoms. The van der Waals surface area contributed by atoms with Crippen molar-refractivity contribution in [1.29, 1.82) is 0 Å². The van der Waals surface area contributed by atoms with Crippen molar-refractivity contribution >= 4 is 23.1 Å². The van der Waals surface area contributed by atoms with Crippen molar-refractivity contribution < 1.29 is 4.79 Å². The maximum atomic E-state index is 12.7. The minimum Gasteiger partial charge on any atom is -0.354 e. The normalized spacial score (nSPS) is 18.8. The van der Waals surface area contributed by atoms with Crippen molar-refractivity contribution in [2.75, 3.05) is 51.2 Å². The molecule has 4 rings (SSSR count). The number of piperazine rings is 1. The van der Waals surface area contributed by atoms with Gasteiger partial charge >= 0.3 is 0 Å². The number of nitrogens with zero attached hydrogens (tertiary/aromatic N) is 5. The second-order valence-corrected chi connectivity index (χ2v) is 7.50. The zero-order valence-electron chi connectivity index (χ0n) is 14.5. The molecule has 4 heterocycles. The largest absolute Gasteiger partial charge is 0.354 e. The smallest absolute Gasteiger partial charge is 0.254 e. The molecule has 0 saturated carbocycles. The number of amides is 1. The lowest BCUT2D eigenvalue weighted by atomic mass is 10.1. The second kappa shape index (κ2) is 7.09. The first kappa shape index (κ1) is 16.5. The molecule has 1 amide bonds. The molecule has 2 aliphatic heterocycles. The van der Waals surface area contributed by atoms with Crippen molar-refractivity contribution in [3.05, 3.63) is 40.0 Å². The molecule has 0 N–H and O–H groups in total. The summed E-state index contributed by atoms with van der Waals surface area (Å²) >= 11 is 1.57. The van der Waals surface area contributed by atoms with Gasteiger partial charge in [0.05, 0.1) is 11.3 Å². The highest BCUT2D eigenvalue weighted by molar-refractivity contribution is 7.08. The topological polar surface area (TPSA) is 52.6 Å². The van der Waals surface area contributed by atoms with Crippen molar-refractivity contribution in [3.8, 4) is 0 Å². The van der Waals surface area contributed by atoms with Gasteiger partial charge in [0.2, 0.25) is 0 Å². The third-order valence-electron chi connectivity index (χ3n) is 5.12. The molecule has 2 aliphatic rings. The molecule has 2 aromatic heterocycles. The van der Waals surface area contributed by atoms with Crippen LogP contribution < -0.4 is 4.90 Å². The Bertz CT molecular complexity index is 740. The van der Waals surface area contributed by atoms with Crippen LogP contribution in [0.4, 0.5) is 5.82 Å². The number of carbonyl (C=O) groups excluding carboxylic acids is 1. The van der Waals surface area contributed by atoms with Gasteiger partial charge in [-0.25, -0.2) is 9.97 Å². The predicted molar refractivity (Wildman–Crippen MR) is 99.4 cm³/mol. The number of likely N-dealkylation sites (N-methyl/N-ethyl adjacent to an activating group) is 1. The van der Waals surface area contributed by atoms with Crippen LogP contribution in [-0.2, 0) is 12.8 Å². The first-order chi connectivity index (χ1) is 12.2. The summed E-state index contributed by atoms with van der Waals surface area (Å²) < 4.78 is 0. The van der Waals surface area contributed by atoms with Crippen LogP contribution in [0.3, 0.4) is 0 Å². The molecule has 0 aromatic carbocycles. The monoisotopic (exact) mass is 357 g/mol. The van der Waals surface area contributed by atoms with Crippen molar-refractivity contribution in [2.24, 2.45) is 0 Å². The highest BCUT2D eigenvalue weighted by Crippen LogP contribution is 2.25. The Morgan fingerprint density at radius 1 is 1.08 bits per heavy atom. The zero-order valence-corrected chi connectivity index (χ0v) is 15.3. The van der Waals surface area contributed by atoms with Gasteiger partial charge in [-0.05, 0) is 24.9 Å². The maximum Gasteiger partial charge on any atom is 0.254 e. The van der Waals surface area contributed by atoms with Crippen LogP contribution in [0.2, 0.25) is 0 Å². The Hall–Kier alpha value is -1.99. The number of rotatable bonds is 2. The third-order valence-corrected chi connectivity index (χ3v) is 5.80. The van der Waals surface area contributed by atoms with E-state index in [1.807, 2.05) is 21.7 Å². The lowest BCUT2D eigenvalue weighted by Gasteiger charge is -2.34. The number of hydrogen-bond acceptors (Lipinski definition) is 6. The molecule has 7 heteroatoms. The molecule has 1 saturated heterocycles. The van der Waals surface area contributed by atoms with Crippen LogP contribution in [-0.4, -0.2) is 72.0 Å². The highest BCUT2D eigenvalue weighted by atomic mass is 32.1. The lowest BCUT2D eigenvalue weighted by molar-refractivity contribution is 0.0763. The fraction of sp³-hybridized carbons (Fsp3) is 0.500. The van der Waals surface area contributed by atoms with E-state index in [1.54, 1.807) is 17.7 Å². The number of aromatic nitrogens is 2. The molecular formula is C18H23N5OS. The minimum absolute atomic E-state index is 0.128. The molecule has 132 valence electrons. The van der Waals surface area contributed by atoms with E-state index in [4.69, 9.17) is 0 Å². The quantitative estimate of drug-likeness (QED) is 0.816. The van der Waals surface area contributed by atoms with Gasteiger partial charge in [0, 0.05) is 56.6 Å². The Morgan fingerprint density at radius 3 is 2.64 bits per heavy atom. The summed E-state index contributed by atoms with van der Waals surface area (Å²) in [6, 6.07) is 1.90. The number of hydrogen-bond donors (Lipinski definition) is 0. The Labute approximate surface area is 152 Å². The van der Waals surface area contributed by atoms with E-state index < -0.39 is 0 Å². The summed E-state index contributed by atoms with van der Waals surface area (Å²) in [5.74, 6) is 1.20. The lowest BCUT2D eigenvalue weighted by Crippen LogP contribution is -2.45. The predicted octanol–water partition coefficient (Wildman–Crippen LogP) is 1.53. The molecule has 0 atom stereocenters. The first-order valence-electron chi connectivity index (χ1n) is 8.80. The standard InChI is InChI=1S/C18H23N5OS/c1-21-7-9-22(10-8-21)17-15-2-5-23(6-3-16(15)19-13-20-17)18(24)14-4-11-25-12-14/h4,11-13H,2-3,5-10H2,1H3. The fourth-order valence-electron chi connectivity index (χ4n) is 3.57. The van der Waals surface area contributed by atoms with Crippen molar-refractivity contribution in [1.82, 2.24) is 19.8 Å². The Balaban J connectivity index is 1.53. The molecule has 0 radical (unpaired) electrons. The van der Waals surface area contributed by atoms with Gasteiger partial charge in [-0.3, -0.25) is 4.79 Å². The summed E-state index contributed by atoms with van der Waals surface area (Å²) in [6.07, 6.45) is 3.31. The Kier molecular flexibility index (Phi) is 4.67. The molecular weight excluding hydrogens is 334 g/mol. The highest BCUT2D eigenvalue weighted by Gasteiger charge is 2.25. The first-order valence-corrected chi connectivity index (χ1v) is 9.74. The van der Waals surface area contributed by atoms with Gasteiger partial charge in [-0.15, -0.1) is 0 Å². The van der Waals surface area contributed by atoms with Crippen LogP contribution in [0, 0.1) is 0 Å². The summed E-state index contributed by atoms with van der Waals surface area (Å²) in [7, 11) is 2.16. The van der Waals surface area contributed by atoms with E-state index in [1.165, 1.54) is 5.56 Å². The Morgan fingerprint density at radius 2 is 1.88 bits per heavy atom.